The first-order chi connectivity index (χ1) is 6.79. The molecule has 1 aliphatic heterocycles. The number of unbranched alkanes of at least 4 members (excludes halogenated alkanes) is 3. The van der Waals surface area contributed by atoms with Gasteiger partial charge < -0.3 is 4.74 Å². The monoisotopic (exact) mass is 198 g/mol. The predicted octanol–water partition coefficient (Wildman–Crippen LogP) is 3.30. The van der Waals surface area contributed by atoms with Crippen LogP contribution in [-0.2, 0) is 9.53 Å². The van der Waals surface area contributed by atoms with Crippen molar-refractivity contribution >= 4 is 5.97 Å². The van der Waals surface area contributed by atoms with Gasteiger partial charge in [-0.1, -0.05) is 46.0 Å². The molecule has 0 radical (unpaired) electrons. The summed E-state index contributed by atoms with van der Waals surface area (Å²) >= 11 is 0. The van der Waals surface area contributed by atoms with Gasteiger partial charge in [-0.15, -0.1) is 0 Å². The Labute approximate surface area is 87.0 Å². The van der Waals surface area contributed by atoms with Crippen LogP contribution in [0.4, 0.5) is 0 Å². The molecule has 1 saturated heterocycles. The molecule has 0 aromatic heterocycles. The van der Waals surface area contributed by atoms with Crippen molar-refractivity contribution in [2.24, 2.45) is 5.92 Å². The molecule has 0 aliphatic carbocycles. The second-order valence-corrected chi connectivity index (χ2v) is 4.22. The fourth-order valence-corrected chi connectivity index (χ4v) is 2.04. The number of esters is 1. The van der Waals surface area contributed by atoms with Crippen LogP contribution in [0.2, 0.25) is 0 Å². The molecule has 2 heteroatoms. The van der Waals surface area contributed by atoms with Gasteiger partial charge in [0.2, 0.25) is 0 Å². The van der Waals surface area contributed by atoms with Crippen LogP contribution in [0.3, 0.4) is 0 Å². The van der Waals surface area contributed by atoms with E-state index in [0.29, 0.717) is 0 Å². The molecule has 0 N–H and O–H groups in total. The highest BCUT2D eigenvalue weighted by Crippen LogP contribution is 2.30. The van der Waals surface area contributed by atoms with Crippen LogP contribution in [0.1, 0.15) is 58.8 Å². The lowest BCUT2D eigenvalue weighted by molar-refractivity contribution is -0.186. The lowest BCUT2D eigenvalue weighted by Gasteiger charge is -2.35. The average Bonchev–Trinajstić information content (AvgIpc) is 2.17. The molecule has 1 rings (SSSR count). The van der Waals surface area contributed by atoms with E-state index in [1.165, 1.54) is 25.7 Å². The quantitative estimate of drug-likeness (QED) is 0.463. The van der Waals surface area contributed by atoms with Crippen LogP contribution < -0.4 is 0 Å². The van der Waals surface area contributed by atoms with Gasteiger partial charge in [0.1, 0.15) is 6.10 Å². The number of carbonyl (C=O) groups excluding carboxylic acids is 1. The van der Waals surface area contributed by atoms with Gasteiger partial charge in [-0.2, -0.15) is 0 Å². The number of hydrogen-bond acceptors (Lipinski definition) is 2. The van der Waals surface area contributed by atoms with Crippen molar-refractivity contribution in [2.45, 2.75) is 64.9 Å². The molecule has 2 nitrogen and oxygen atoms in total. The third-order valence-electron chi connectivity index (χ3n) is 2.96. The van der Waals surface area contributed by atoms with Gasteiger partial charge in [0.05, 0.1) is 5.92 Å². The lowest BCUT2D eigenvalue weighted by Crippen LogP contribution is -2.44. The summed E-state index contributed by atoms with van der Waals surface area (Å²) < 4.78 is 5.11. The summed E-state index contributed by atoms with van der Waals surface area (Å²) in [5.74, 6) is 0.270. The first kappa shape index (κ1) is 11.5. The highest BCUT2D eigenvalue weighted by molar-refractivity contribution is 5.78. The van der Waals surface area contributed by atoms with E-state index in [4.69, 9.17) is 4.74 Å². The summed E-state index contributed by atoms with van der Waals surface area (Å²) in [5.41, 5.74) is 0. The number of cyclic esters (lactones) is 1. The first-order valence-electron chi connectivity index (χ1n) is 6.00. The van der Waals surface area contributed by atoms with Crippen LogP contribution in [-0.4, -0.2) is 12.1 Å². The summed E-state index contributed by atoms with van der Waals surface area (Å²) in [4.78, 5) is 11.2. The molecule has 0 unspecified atom stereocenters. The number of hydrogen-bond donors (Lipinski definition) is 0. The smallest absolute Gasteiger partial charge is 0.313 e. The normalized spacial score (nSPS) is 25.7. The van der Waals surface area contributed by atoms with E-state index < -0.39 is 0 Å². The maximum Gasteiger partial charge on any atom is 0.313 e. The minimum absolute atomic E-state index is 0.0416. The first-order valence-corrected chi connectivity index (χ1v) is 6.00. The van der Waals surface area contributed by atoms with Crippen LogP contribution in [0.15, 0.2) is 0 Å². The largest absolute Gasteiger partial charge is 0.461 e. The molecule has 1 heterocycles. The summed E-state index contributed by atoms with van der Waals surface area (Å²) in [6.07, 6.45) is 8.45. The average molecular weight is 198 g/mol. The Morgan fingerprint density at radius 2 is 1.86 bits per heavy atom. The highest BCUT2D eigenvalue weighted by Gasteiger charge is 2.40. The van der Waals surface area contributed by atoms with Gasteiger partial charge in [-0.25, -0.2) is 0 Å². The summed E-state index contributed by atoms with van der Waals surface area (Å²) in [7, 11) is 0. The molecular weight excluding hydrogens is 176 g/mol. The highest BCUT2D eigenvalue weighted by atomic mass is 16.6. The van der Waals surface area contributed by atoms with E-state index in [0.717, 1.165) is 19.3 Å². The minimum atomic E-state index is 0.0416. The molecular formula is C12H22O2. The number of ether oxygens (including phenoxy) is 1. The van der Waals surface area contributed by atoms with Crippen molar-refractivity contribution in [2.75, 3.05) is 0 Å². The maximum atomic E-state index is 11.2. The Bertz CT molecular complexity index is 177. The van der Waals surface area contributed by atoms with Crippen molar-refractivity contribution in [3.8, 4) is 0 Å². The Hall–Kier alpha value is -0.530. The van der Waals surface area contributed by atoms with Crippen LogP contribution in [0, 0.1) is 5.92 Å². The second kappa shape index (κ2) is 6.05. The standard InChI is InChI=1S/C12H22O2/c1-3-5-6-7-9-10-11(8-4-2)14-12(10)13/h10-11H,3-9H2,1-2H3/t10-,11+/m0/s1. The molecule has 0 aromatic carbocycles. The molecule has 82 valence electrons. The van der Waals surface area contributed by atoms with Crippen LogP contribution >= 0.6 is 0 Å². The Morgan fingerprint density at radius 1 is 1.07 bits per heavy atom. The molecule has 0 spiro atoms. The van der Waals surface area contributed by atoms with E-state index in [2.05, 4.69) is 13.8 Å². The zero-order valence-electron chi connectivity index (χ0n) is 9.42. The van der Waals surface area contributed by atoms with Crippen LogP contribution in [0.5, 0.6) is 0 Å². The molecule has 1 fully saturated rings. The van der Waals surface area contributed by atoms with Crippen molar-refractivity contribution in [3.05, 3.63) is 0 Å². The number of carbonyl (C=O) groups is 1. The molecule has 0 amide bonds. The predicted molar refractivity (Wildman–Crippen MR) is 57.0 cm³/mol. The molecule has 14 heavy (non-hydrogen) atoms. The van der Waals surface area contributed by atoms with Crippen molar-refractivity contribution in [1.29, 1.82) is 0 Å². The Kier molecular flexibility index (Phi) is 4.99. The molecule has 1 aliphatic rings. The Morgan fingerprint density at radius 3 is 2.43 bits per heavy atom. The Balaban J connectivity index is 2.12. The topological polar surface area (TPSA) is 26.3 Å². The fraction of sp³-hybridized carbons (Fsp3) is 0.917. The minimum Gasteiger partial charge on any atom is -0.461 e. The molecule has 2 atom stereocenters. The van der Waals surface area contributed by atoms with Gasteiger partial charge in [0, 0.05) is 0 Å². The number of rotatable bonds is 7. The van der Waals surface area contributed by atoms with Crippen LogP contribution in [0.25, 0.3) is 0 Å². The SMILES string of the molecule is CCCCCC[C@@H]1C(=O)O[C@@H]1CCC. The van der Waals surface area contributed by atoms with Gasteiger partial charge in [-0.3, -0.25) is 4.79 Å². The zero-order chi connectivity index (χ0) is 10.4. The van der Waals surface area contributed by atoms with E-state index in [1.807, 2.05) is 0 Å². The van der Waals surface area contributed by atoms with Crippen molar-refractivity contribution < 1.29 is 9.53 Å². The lowest BCUT2D eigenvalue weighted by atomic mass is 9.88. The molecule has 0 bridgehead atoms. The van der Waals surface area contributed by atoms with E-state index >= 15 is 0 Å². The second-order valence-electron chi connectivity index (χ2n) is 4.22. The molecule has 0 saturated carbocycles. The van der Waals surface area contributed by atoms with E-state index in [9.17, 15) is 4.79 Å². The third-order valence-corrected chi connectivity index (χ3v) is 2.96. The summed E-state index contributed by atoms with van der Waals surface area (Å²) in [6.45, 7) is 4.35. The van der Waals surface area contributed by atoms with E-state index in [-0.39, 0.29) is 18.0 Å². The van der Waals surface area contributed by atoms with Gasteiger partial charge in [-0.05, 0) is 12.8 Å². The summed E-state index contributed by atoms with van der Waals surface area (Å²) in [6, 6.07) is 0. The van der Waals surface area contributed by atoms with Gasteiger partial charge >= 0.3 is 5.97 Å². The summed E-state index contributed by atoms with van der Waals surface area (Å²) in [5, 5.41) is 0. The van der Waals surface area contributed by atoms with Crippen molar-refractivity contribution in [1.82, 2.24) is 0 Å². The fourth-order valence-electron chi connectivity index (χ4n) is 2.04. The van der Waals surface area contributed by atoms with Crippen molar-refractivity contribution in [3.63, 3.8) is 0 Å². The third kappa shape index (κ3) is 3.00. The van der Waals surface area contributed by atoms with Gasteiger partial charge in [0.15, 0.2) is 0 Å². The van der Waals surface area contributed by atoms with Gasteiger partial charge in [0.25, 0.3) is 0 Å². The molecule has 0 aromatic rings. The maximum absolute atomic E-state index is 11.2. The van der Waals surface area contributed by atoms with E-state index in [1.54, 1.807) is 0 Å². The zero-order valence-corrected chi connectivity index (χ0v) is 9.42.